The van der Waals surface area contributed by atoms with Gasteiger partial charge in [-0.3, -0.25) is 4.79 Å². The third-order valence-corrected chi connectivity index (χ3v) is 4.70. The summed E-state index contributed by atoms with van der Waals surface area (Å²) in [5, 5.41) is 2.94. The fourth-order valence-electron chi connectivity index (χ4n) is 3.22. The number of carbonyl (C=O) groups excluding carboxylic acids is 2. The van der Waals surface area contributed by atoms with Gasteiger partial charge in [0.05, 0.1) is 12.6 Å². The number of nitrogens with one attached hydrogen (secondary N) is 1. The molecule has 1 aliphatic rings. The summed E-state index contributed by atoms with van der Waals surface area (Å²) in [7, 11) is 0. The Morgan fingerprint density at radius 2 is 1.86 bits per heavy atom. The average molecular weight is 383 g/mol. The van der Waals surface area contributed by atoms with Gasteiger partial charge in [0, 0.05) is 12.0 Å². The lowest BCUT2D eigenvalue weighted by Crippen LogP contribution is -2.40. The number of amides is 1. The second-order valence-corrected chi connectivity index (χ2v) is 6.88. The molecule has 0 radical (unpaired) electrons. The summed E-state index contributed by atoms with van der Waals surface area (Å²) in [4.78, 5) is 24.6. The molecule has 6 nitrogen and oxygen atoms in total. The van der Waals surface area contributed by atoms with Gasteiger partial charge >= 0.3 is 5.97 Å². The van der Waals surface area contributed by atoms with E-state index in [1.807, 2.05) is 56.3 Å². The Morgan fingerprint density at radius 3 is 2.61 bits per heavy atom. The molecule has 0 aromatic heterocycles. The first-order valence-electron chi connectivity index (χ1n) is 9.36. The second kappa shape index (κ2) is 8.78. The fourth-order valence-corrected chi connectivity index (χ4v) is 3.22. The second-order valence-electron chi connectivity index (χ2n) is 6.88. The topological polar surface area (TPSA) is 73.9 Å². The van der Waals surface area contributed by atoms with Crippen LogP contribution in [-0.2, 0) is 14.3 Å². The van der Waals surface area contributed by atoms with Gasteiger partial charge in [0.25, 0.3) is 5.91 Å². The summed E-state index contributed by atoms with van der Waals surface area (Å²) in [6, 6.07) is 13.2. The van der Waals surface area contributed by atoms with Crippen molar-refractivity contribution in [2.24, 2.45) is 0 Å². The number of esters is 1. The van der Waals surface area contributed by atoms with Crippen LogP contribution in [0.5, 0.6) is 11.5 Å². The summed E-state index contributed by atoms with van der Waals surface area (Å²) >= 11 is 0. The van der Waals surface area contributed by atoms with Crippen LogP contribution in [0.4, 0.5) is 0 Å². The van der Waals surface area contributed by atoms with E-state index in [1.165, 1.54) is 0 Å². The van der Waals surface area contributed by atoms with E-state index < -0.39 is 12.1 Å². The predicted octanol–water partition coefficient (Wildman–Crippen LogP) is 3.25. The van der Waals surface area contributed by atoms with Crippen molar-refractivity contribution in [1.82, 2.24) is 5.32 Å². The monoisotopic (exact) mass is 383 g/mol. The summed E-state index contributed by atoms with van der Waals surface area (Å²) in [6.45, 7) is 5.66. The van der Waals surface area contributed by atoms with E-state index in [4.69, 9.17) is 14.2 Å². The molecule has 0 fully saturated rings. The van der Waals surface area contributed by atoms with Crippen molar-refractivity contribution in [3.8, 4) is 11.5 Å². The van der Waals surface area contributed by atoms with Crippen molar-refractivity contribution in [1.29, 1.82) is 0 Å². The number of para-hydroxylation sites is 2. The van der Waals surface area contributed by atoms with Crippen LogP contribution < -0.4 is 14.8 Å². The molecule has 1 amide bonds. The number of ether oxygens (including phenoxy) is 3. The van der Waals surface area contributed by atoms with Gasteiger partial charge < -0.3 is 19.5 Å². The Balaban J connectivity index is 1.52. The molecule has 1 aliphatic heterocycles. The lowest BCUT2D eigenvalue weighted by Gasteiger charge is -2.27. The zero-order valence-corrected chi connectivity index (χ0v) is 16.4. The van der Waals surface area contributed by atoms with Crippen LogP contribution in [0.2, 0.25) is 0 Å². The molecule has 148 valence electrons. The summed E-state index contributed by atoms with van der Waals surface area (Å²) < 4.78 is 16.4. The minimum absolute atomic E-state index is 0.163. The number of carbonyl (C=O) groups is 2. The van der Waals surface area contributed by atoms with E-state index in [2.05, 4.69) is 5.32 Å². The smallest absolute Gasteiger partial charge is 0.344 e. The maximum Gasteiger partial charge on any atom is 0.344 e. The van der Waals surface area contributed by atoms with Gasteiger partial charge in [0.1, 0.15) is 11.5 Å². The molecular weight excluding hydrogens is 358 g/mol. The maximum atomic E-state index is 12.5. The molecule has 28 heavy (non-hydrogen) atoms. The Morgan fingerprint density at radius 1 is 1.14 bits per heavy atom. The molecule has 2 unspecified atom stereocenters. The normalized spacial score (nSPS) is 16.3. The summed E-state index contributed by atoms with van der Waals surface area (Å²) in [5.74, 6) is 0.501. The summed E-state index contributed by atoms with van der Waals surface area (Å²) in [6.07, 6.45) is -0.247. The molecule has 0 saturated carbocycles. The minimum atomic E-state index is -0.913. The van der Waals surface area contributed by atoms with Crippen LogP contribution in [0.3, 0.4) is 0 Å². The quantitative estimate of drug-likeness (QED) is 0.775. The molecule has 0 bridgehead atoms. The highest BCUT2D eigenvalue weighted by Crippen LogP contribution is 2.31. The molecule has 0 spiro atoms. The highest BCUT2D eigenvalue weighted by atomic mass is 16.6. The van der Waals surface area contributed by atoms with E-state index in [1.54, 1.807) is 6.92 Å². The van der Waals surface area contributed by atoms with Crippen LogP contribution in [0, 0.1) is 13.8 Å². The zero-order chi connectivity index (χ0) is 20.1. The predicted molar refractivity (Wildman–Crippen MR) is 104 cm³/mol. The average Bonchev–Trinajstić information content (AvgIpc) is 2.68. The number of rotatable bonds is 6. The number of aryl methyl sites for hydroxylation is 2. The van der Waals surface area contributed by atoms with Crippen molar-refractivity contribution >= 4 is 11.9 Å². The van der Waals surface area contributed by atoms with Gasteiger partial charge in [-0.15, -0.1) is 0 Å². The molecule has 2 aromatic carbocycles. The van der Waals surface area contributed by atoms with Gasteiger partial charge in [-0.05, 0) is 38.0 Å². The zero-order valence-electron chi connectivity index (χ0n) is 16.4. The maximum absolute atomic E-state index is 12.5. The highest BCUT2D eigenvalue weighted by Gasteiger charge is 2.26. The number of fused-ring (bicyclic) bond motifs is 1. The van der Waals surface area contributed by atoms with E-state index in [0.717, 1.165) is 22.4 Å². The van der Waals surface area contributed by atoms with E-state index >= 15 is 0 Å². The Bertz CT molecular complexity index is 844. The number of hydrogen-bond acceptors (Lipinski definition) is 5. The van der Waals surface area contributed by atoms with Crippen molar-refractivity contribution in [2.45, 2.75) is 39.3 Å². The minimum Gasteiger partial charge on any atom is -0.493 e. The first kappa shape index (κ1) is 19.7. The van der Waals surface area contributed by atoms with Crippen LogP contribution >= 0.6 is 0 Å². The molecule has 1 heterocycles. The van der Waals surface area contributed by atoms with Crippen molar-refractivity contribution < 1.29 is 23.8 Å². The van der Waals surface area contributed by atoms with Gasteiger partial charge in [0.15, 0.2) is 12.7 Å². The van der Waals surface area contributed by atoms with Gasteiger partial charge in [-0.2, -0.15) is 0 Å². The lowest BCUT2D eigenvalue weighted by molar-refractivity contribution is -0.157. The standard InChI is InChI=1S/C22H25NO5/c1-14-7-6-8-15(2)21(14)27-13-20(24)28-16(3)22(25)23-18-11-12-26-19-10-5-4-9-17(18)19/h4-10,16,18H,11-13H2,1-3H3,(H,23,25). The van der Waals surface area contributed by atoms with Crippen molar-refractivity contribution in [3.05, 3.63) is 59.2 Å². The first-order valence-corrected chi connectivity index (χ1v) is 9.36. The van der Waals surface area contributed by atoms with Gasteiger partial charge in [-0.25, -0.2) is 4.79 Å². The van der Waals surface area contributed by atoms with Gasteiger partial charge in [-0.1, -0.05) is 36.4 Å². The third kappa shape index (κ3) is 4.63. The Kier molecular flexibility index (Phi) is 6.19. The van der Waals surface area contributed by atoms with Crippen molar-refractivity contribution in [2.75, 3.05) is 13.2 Å². The SMILES string of the molecule is Cc1cccc(C)c1OCC(=O)OC(C)C(=O)NC1CCOc2ccccc21. The van der Waals surface area contributed by atoms with Crippen LogP contribution in [0.1, 0.15) is 36.1 Å². The molecule has 1 N–H and O–H groups in total. The number of hydrogen-bond donors (Lipinski definition) is 1. The third-order valence-electron chi connectivity index (χ3n) is 4.70. The molecule has 2 atom stereocenters. The van der Waals surface area contributed by atoms with Crippen LogP contribution in [-0.4, -0.2) is 31.2 Å². The van der Waals surface area contributed by atoms with Crippen LogP contribution in [0.25, 0.3) is 0 Å². The van der Waals surface area contributed by atoms with Crippen LogP contribution in [0.15, 0.2) is 42.5 Å². The molecule has 3 rings (SSSR count). The fraction of sp³-hybridized carbons (Fsp3) is 0.364. The van der Waals surface area contributed by atoms with E-state index in [-0.39, 0.29) is 18.6 Å². The number of benzene rings is 2. The Labute approximate surface area is 164 Å². The van der Waals surface area contributed by atoms with E-state index in [9.17, 15) is 9.59 Å². The van der Waals surface area contributed by atoms with E-state index in [0.29, 0.717) is 18.8 Å². The molecule has 0 aliphatic carbocycles. The largest absolute Gasteiger partial charge is 0.493 e. The Hall–Kier alpha value is -3.02. The molecule has 0 saturated heterocycles. The van der Waals surface area contributed by atoms with Crippen molar-refractivity contribution in [3.63, 3.8) is 0 Å². The lowest BCUT2D eigenvalue weighted by atomic mass is 10.0. The molecule has 2 aromatic rings. The molecule has 6 heteroatoms. The van der Waals surface area contributed by atoms with Gasteiger partial charge in [0.2, 0.25) is 0 Å². The highest BCUT2D eigenvalue weighted by molar-refractivity contribution is 5.84. The first-order chi connectivity index (χ1) is 13.5. The summed E-state index contributed by atoms with van der Waals surface area (Å²) in [5.41, 5.74) is 2.81. The molecular formula is C22H25NO5.